The van der Waals surface area contributed by atoms with Crippen molar-refractivity contribution in [2.75, 3.05) is 0 Å². The van der Waals surface area contributed by atoms with Gasteiger partial charge in [0, 0.05) is 16.0 Å². The van der Waals surface area contributed by atoms with E-state index in [1.165, 1.54) is 26.1 Å². The van der Waals surface area contributed by atoms with E-state index >= 15 is 0 Å². The molecule has 0 aliphatic heterocycles. The van der Waals surface area contributed by atoms with Crippen LogP contribution in [-0.4, -0.2) is 6.29 Å². The maximum atomic E-state index is 10.5. The summed E-state index contributed by atoms with van der Waals surface area (Å²) in [6, 6.07) is 6.56. The van der Waals surface area contributed by atoms with Gasteiger partial charge in [-0.3, -0.25) is 0 Å². The number of thiophene rings is 1. The summed E-state index contributed by atoms with van der Waals surface area (Å²) in [6.07, 6.45) is 1.61. The van der Waals surface area contributed by atoms with Gasteiger partial charge in [-0.05, 0) is 42.3 Å². The molecule has 2 aromatic rings. The summed E-state index contributed by atoms with van der Waals surface area (Å²) in [4.78, 5) is 11.9. The smallest absolute Gasteiger partial charge is 0.120 e. The highest BCUT2D eigenvalue weighted by Crippen LogP contribution is 2.32. The zero-order valence-electron chi connectivity index (χ0n) is 9.91. The second-order valence-corrected chi connectivity index (χ2v) is 5.60. The van der Waals surface area contributed by atoms with Crippen LogP contribution < -0.4 is 0 Å². The van der Waals surface area contributed by atoms with Crippen molar-refractivity contribution in [1.82, 2.24) is 0 Å². The average Bonchev–Trinajstić information content (AvgIpc) is 2.55. The van der Waals surface area contributed by atoms with Crippen molar-refractivity contribution in [2.45, 2.75) is 33.1 Å². The number of hydrogen-bond acceptors (Lipinski definition) is 2. The lowest BCUT2D eigenvalue weighted by Crippen LogP contribution is -1.93. The molecule has 1 atom stereocenters. The molecule has 0 aliphatic rings. The quantitative estimate of drug-likeness (QED) is 0.724. The van der Waals surface area contributed by atoms with Gasteiger partial charge in [0.25, 0.3) is 0 Å². The number of benzene rings is 1. The fourth-order valence-corrected chi connectivity index (χ4v) is 3.07. The summed E-state index contributed by atoms with van der Waals surface area (Å²) in [7, 11) is 0. The molecular formula is C14H16OS. The predicted molar refractivity (Wildman–Crippen MR) is 70.4 cm³/mol. The molecule has 1 heterocycles. The first-order chi connectivity index (χ1) is 7.63. The Balaban J connectivity index is 2.48. The Hall–Kier alpha value is -1.15. The third-order valence-corrected chi connectivity index (χ3v) is 4.39. The van der Waals surface area contributed by atoms with Gasteiger partial charge in [-0.2, -0.15) is 0 Å². The summed E-state index contributed by atoms with van der Waals surface area (Å²) in [5, 5.41) is 1.35. The molecule has 1 nitrogen and oxygen atoms in total. The van der Waals surface area contributed by atoms with E-state index < -0.39 is 0 Å². The van der Waals surface area contributed by atoms with E-state index in [0.717, 1.165) is 6.29 Å². The van der Waals surface area contributed by atoms with Gasteiger partial charge < -0.3 is 4.79 Å². The summed E-state index contributed by atoms with van der Waals surface area (Å²) >= 11 is 1.84. The van der Waals surface area contributed by atoms with Gasteiger partial charge in [-0.15, -0.1) is 11.3 Å². The summed E-state index contributed by atoms with van der Waals surface area (Å²) in [6.45, 7) is 6.43. The topological polar surface area (TPSA) is 17.1 Å². The average molecular weight is 232 g/mol. The Labute approximate surface area is 100 Å². The van der Waals surface area contributed by atoms with E-state index in [0.29, 0.717) is 12.3 Å². The van der Waals surface area contributed by atoms with E-state index in [1.807, 2.05) is 11.3 Å². The minimum Gasteiger partial charge on any atom is -0.303 e. The zero-order valence-corrected chi connectivity index (χ0v) is 10.7. The number of aryl methyl sites for hydroxylation is 2. The van der Waals surface area contributed by atoms with Crippen LogP contribution in [0.25, 0.3) is 10.1 Å². The molecule has 0 spiro atoms. The maximum Gasteiger partial charge on any atom is 0.120 e. The van der Waals surface area contributed by atoms with Gasteiger partial charge in [-0.1, -0.05) is 19.1 Å². The molecule has 1 aromatic carbocycles. The standard InChI is InChI=1S/C14H16OS/c1-9(6-7-15)12-4-5-13-10(2)11(3)16-14(13)8-12/h4-5,7-9H,6H2,1-3H3. The van der Waals surface area contributed by atoms with Crippen LogP contribution in [0, 0.1) is 13.8 Å². The second kappa shape index (κ2) is 4.38. The summed E-state index contributed by atoms with van der Waals surface area (Å²) in [5.74, 6) is 0.324. The first-order valence-electron chi connectivity index (χ1n) is 5.56. The molecule has 0 bridgehead atoms. The van der Waals surface area contributed by atoms with Gasteiger partial charge >= 0.3 is 0 Å². The number of fused-ring (bicyclic) bond motifs is 1. The molecule has 16 heavy (non-hydrogen) atoms. The Bertz CT molecular complexity index is 525. The van der Waals surface area contributed by atoms with E-state index in [1.54, 1.807) is 0 Å². The molecular weight excluding hydrogens is 216 g/mol. The lowest BCUT2D eigenvalue weighted by Gasteiger charge is -2.07. The number of carbonyl (C=O) groups is 1. The second-order valence-electron chi connectivity index (χ2n) is 4.34. The highest BCUT2D eigenvalue weighted by atomic mass is 32.1. The van der Waals surface area contributed by atoms with Crippen LogP contribution in [0.5, 0.6) is 0 Å². The van der Waals surface area contributed by atoms with Gasteiger partial charge in [0.05, 0.1) is 0 Å². The van der Waals surface area contributed by atoms with Crippen LogP contribution in [0.1, 0.15) is 35.3 Å². The third kappa shape index (κ3) is 1.90. The van der Waals surface area contributed by atoms with Crippen molar-refractivity contribution in [3.8, 4) is 0 Å². The van der Waals surface area contributed by atoms with E-state index in [9.17, 15) is 4.79 Å². The third-order valence-electron chi connectivity index (χ3n) is 3.22. The van der Waals surface area contributed by atoms with Crippen molar-refractivity contribution in [3.05, 3.63) is 34.2 Å². The van der Waals surface area contributed by atoms with Crippen LogP contribution in [0.2, 0.25) is 0 Å². The van der Waals surface area contributed by atoms with Crippen molar-refractivity contribution < 1.29 is 4.79 Å². The minimum atomic E-state index is 0.324. The Morgan fingerprint density at radius 3 is 2.81 bits per heavy atom. The largest absolute Gasteiger partial charge is 0.303 e. The zero-order chi connectivity index (χ0) is 11.7. The van der Waals surface area contributed by atoms with Crippen molar-refractivity contribution in [2.24, 2.45) is 0 Å². The number of rotatable bonds is 3. The number of aldehydes is 1. The minimum absolute atomic E-state index is 0.324. The van der Waals surface area contributed by atoms with E-state index in [4.69, 9.17) is 0 Å². The summed E-state index contributed by atoms with van der Waals surface area (Å²) in [5.41, 5.74) is 2.65. The fraction of sp³-hybridized carbons (Fsp3) is 0.357. The molecule has 1 unspecified atom stereocenters. The van der Waals surface area contributed by atoms with Gasteiger partial charge in [-0.25, -0.2) is 0 Å². The SMILES string of the molecule is Cc1sc2cc(C(C)CC=O)ccc2c1C. The fourth-order valence-electron chi connectivity index (χ4n) is 1.95. The molecule has 0 aliphatic carbocycles. The van der Waals surface area contributed by atoms with Crippen molar-refractivity contribution >= 4 is 27.7 Å². The van der Waals surface area contributed by atoms with Crippen LogP contribution in [0.4, 0.5) is 0 Å². The maximum absolute atomic E-state index is 10.5. The molecule has 0 saturated carbocycles. The van der Waals surface area contributed by atoms with Crippen molar-refractivity contribution in [3.63, 3.8) is 0 Å². The molecule has 84 valence electrons. The highest BCUT2D eigenvalue weighted by Gasteiger charge is 2.09. The van der Waals surface area contributed by atoms with Crippen LogP contribution in [-0.2, 0) is 4.79 Å². The van der Waals surface area contributed by atoms with Crippen LogP contribution in [0.15, 0.2) is 18.2 Å². The Kier molecular flexibility index (Phi) is 3.10. The van der Waals surface area contributed by atoms with Gasteiger partial charge in [0.15, 0.2) is 0 Å². The normalized spacial score (nSPS) is 12.9. The molecule has 1 aromatic heterocycles. The first-order valence-corrected chi connectivity index (χ1v) is 6.38. The summed E-state index contributed by atoms with van der Waals surface area (Å²) < 4.78 is 1.34. The first kappa shape index (κ1) is 11.3. The van der Waals surface area contributed by atoms with Crippen LogP contribution >= 0.6 is 11.3 Å². The van der Waals surface area contributed by atoms with Crippen molar-refractivity contribution in [1.29, 1.82) is 0 Å². The van der Waals surface area contributed by atoms with Gasteiger partial charge in [0.1, 0.15) is 6.29 Å². The lowest BCUT2D eigenvalue weighted by molar-refractivity contribution is -0.108. The highest BCUT2D eigenvalue weighted by molar-refractivity contribution is 7.19. The number of hydrogen-bond donors (Lipinski definition) is 0. The Morgan fingerprint density at radius 1 is 1.38 bits per heavy atom. The molecule has 0 amide bonds. The molecule has 0 N–H and O–H groups in total. The Morgan fingerprint density at radius 2 is 2.12 bits per heavy atom. The van der Waals surface area contributed by atoms with E-state index in [-0.39, 0.29) is 0 Å². The molecule has 0 fully saturated rings. The van der Waals surface area contributed by atoms with Gasteiger partial charge in [0.2, 0.25) is 0 Å². The molecule has 2 rings (SSSR count). The predicted octanol–water partition coefficient (Wildman–Crippen LogP) is 4.21. The molecule has 2 heteroatoms. The van der Waals surface area contributed by atoms with Crippen LogP contribution in [0.3, 0.4) is 0 Å². The molecule has 0 saturated heterocycles. The monoisotopic (exact) mass is 232 g/mol. The number of carbonyl (C=O) groups excluding carboxylic acids is 1. The lowest BCUT2D eigenvalue weighted by atomic mass is 9.97. The molecule has 0 radical (unpaired) electrons. The van der Waals surface area contributed by atoms with E-state index in [2.05, 4.69) is 39.0 Å².